The van der Waals surface area contributed by atoms with Crippen LogP contribution in [0.25, 0.3) is 0 Å². The molecule has 4 heteroatoms. The summed E-state index contributed by atoms with van der Waals surface area (Å²) in [5.41, 5.74) is 1.30. The van der Waals surface area contributed by atoms with Crippen LogP contribution in [0.5, 0.6) is 0 Å². The molecule has 4 nitrogen and oxygen atoms in total. The summed E-state index contributed by atoms with van der Waals surface area (Å²) in [5.74, 6) is -0.841. The predicted molar refractivity (Wildman–Crippen MR) is 80.2 cm³/mol. The first-order valence-electron chi connectivity index (χ1n) is 7.57. The number of nitriles is 1. The van der Waals surface area contributed by atoms with Gasteiger partial charge in [0.2, 0.25) is 0 Å². The SMILES string of the molecule is CCOC(=O)C(C#N)C1CCN(Cc2ccccc2)CC1. The summed E-state index contributed by atoms with van der Waals surface area (Å²) < 4.78 is 5.00. The quantitative estimate of drug-likeness (QED) is 0.781. The van der Waals surface area contributed by atoms with Gasteiger partial charge < -0.3 is 4.74 Å². The fraction of sp³-hybridized carbons (Fsp3) is 0.529. The summed E-state index contributed by atoms with van der Waals surface area (Å²) in [6.07, 6.45) is 1.76. The minimum absolute atomic E-state index is 0.126. The van der Waals surface area contributed by atoms with Crippen LogP contribution >= 0.6 is 0 Å². The van der Waals surface area contributed by atoms with Gasteiger partial charge in [-0.2, -0.15) is 5.26 Å². The highest BCUT2D eigenvalue weighted by Crippen LogP contribution is 2.26. The Morgan fingerprint density at radius 3 is 2.62 bits per heavy atom. The highest BCUT2D eigenvalue weighted by molar-refractivity contribution is 5.75. The third-order valence-electron chi connectivity index (χ3n) is 4.03. The molecule has 1 saturated heterocycles. The Morgan fingerprint density at radius 1 is 1.38 bits per heavy atom. The van der Waals surface area contributed by atoms with Gasteiger partial charge in [0.05, 0.1) is 12.7 Å². The van der Waals surface area contributed by atoms with E-state index in [2.05, 4.69) is 35.2 Å². The average molecular weight is 286 g/mol. The van der Waals surface area contributed by atoms with Crippen LogP contribution < -0.4 is 0 Å². The zero-order valence-electron chi connectivity index (χ0n) is 12.5. The molecule has 0 saturated carbocycles. The lowest BCUT2D eigenvalue weighted by Crippen LogP contribution is -2.37. The largest absolute Gasteiger partial charge is 0.465 e. The van der Waals surface area contributed by atoms with Gasteiger partial charge >= 0.3 is 5.97 Å². The number of carbonyl (C=O) groups is 1. The van der Waals surface area contributed by atoms with E-state index in [0.717, 1.165) is 32.5 Å². The Hall–Kier alpha value is -1.86. The summed E-state index contributed by atoms with van der Waals surface area (Å²) in [4.78, 5) is 14.2. The van der Waals surface area contributed by atoms with Crippen LogP contribution in [0, 0.1) is 23.2 Å². The molecule has 0 spiro atoms. The van der Waals surface area contributed by atoms with Crippen molar-refractivity contribution in [3.63, 3.8) is 0 Å². The molecular formula is C17H22N2O2. The first-order valence-corrected chi connectivity index (χ1v) is 7.57. The van der Waals surface area contributed by atoms with Crippen LogP contribution in [0.4, 0.5) is 0 Å². The Morgan fingerprint density at radius 2 is 2.05 bits per heavy atom. The topological polar surface area (TPSA) is 53.3 Å². The van der Waals surface area contributed by atoms with E-state index in [-0.39, 0.29) is 11.9 Å². The van der Waals surface area contributed by atoms with Crippen molar-refractivity contribution in [3.8, 4) is 6.07 Å². The number of carbonyl (C=O) groups excluding carboxylic acids is 1. The molecule has 0 N–H and O–H groups in total. The third kappa shape index (κ3) is 4.30. The number of esters is 1. The van der Waals surface area contributed by atoms with Crippen molar-refractivity contribution in [2.45, 2.75) is 26.3 Å². The second-order valence-corrected chi connectivity index (χ2v) is 5.46. The van der Waals surface area contributed by atoms with Crippen LogP contribution in [0.1, 0.15) is 25.3 Å². The molecule has 0 bridgehead atoms. The van der Waals surface area contributed by atoms with Gasteiger partial charge in [-0.3, -0.25) is 9.69 Å². The Bertz CT molecular complexity index is 487. The Balaban J connectivity index is 1.85. The molecule has 2 rings (SSSR count). The molecule has 112 valence electrons. The molecule has 0 aromatic heterocycles. The van der Waals surface area contributed by atoms with E-state index in [1.165, 1.54) is 5.56 Å². The van der Waals surface area contributed by atoms with Gasteiger partial charge in [0.1, 0.15) is 5.92 Å². The normalized spacial score (nSPS) is 17.9. The molecule has 1 aliphatic rings. The van der Waals surface area contributed by atoms with Crippen LogP contribution in [0.15, 0.2) is 30.3 Å². The van der Waals surface area contributed by atoms with Crippen molar-refractivity contribution in [2.75, 3.05) is 19.7 Å². The summed E-state index contributed by atoms with van der Waals surface area (Å²) in [7, 11) is 0. The van der Waals surface area contributed by atoms with Gasteiger partial charge in [0.25, 0.3) is 0 Å². The lowest BCUT2D eigenvalue weighted by molar-refractivity contribution is -0.148. The number of likely N-dealkylation sites (tertiary alicyclic amines) is 1. The molecular weight excluding hydrogens is 264 g/mol. The Kier molecular flexibility index (Phi) is 5.77. The standard InChI is InChI=1S/C17H22N2O2/c1-2-21-17(20)16(12-18)15-8-10-19(11-9-15)13-14-6-4-3-5-7-14/h3-7,15-16H,2,8-11,13H2,1H3. The maximum Gasteiger partial charge on any atom is 0.323 e. The lowest BCUT2D eigenvalue weighted by atomic mass is 9.85. The van der Waals surface area contributed by atoms with Crippen LogP contribution in [-0.4, -0.2) is 30.6 Å². The maximum absolute atomic E-state index is 11.8. The van der Waals surface area contributed by atoms with Gasteiger partial charge in [0.15, 0.2) is 0 Å². The number of ether oxygens (including phenoxy) is 1. The minimum Gasteiger partial charge on any atom is -0.465 e. The molecule has 21 heavy (non-hydrogen) atoms. The van der Waals surface area contributed by atoms with E-state index in [9.17, 15) is 10.1 Å². The fourth-order valence-corrected chi connectivity index (χ4v) is 2.87. The fourth-order valence-electron chi connectivity index (χ4n) is 2.87. The highest BCUT2D eigenvalue weighted by Gasteiger charge is 2.32. The van der Waals surface area contributed by atoms with Crippen molar-refractivity contribution in [1.82, 2.24) is 4.90 Å². The molecule has 0 aliphatic carbocycles. The average Bonchev–Trinajstić information content (AvgIpc) is 2.51. The van der Waals surface area contributed by atoms with E-state index in [4.69, 9.17) is 4.74 Å². The molecule has 1 heterocycles. The van der Waals surface area contributed by atoms with Crippen LogP contribution in [0.2, 0.25) is 0 Å². The van der Waals surface area contributed by atoms with E-state index >= 15 is 0 Å². The van der Waals surface area contributed by atoms with Crippen molar-refractivity contribution in [3.05, 3.63) is 35.9 Å². The monoisotopic (exact) mass is 286 g/mol. The number of hydrogen-bond donors (Lipinski definition) is 0. The van der Waals surface area contributed by atoms with Gasteiger partial charge in [-0.1, -0.05) is 30.3 Å². The van der Waals surface area contributed by atoms with Crippen molar-refractivity contribution in [2.24, 2.45) is 11.8 Å². The summed E-state index contributed by atoms with van der Waals surface area (Å²) >= 11 is 0. The molecule has 1 fully saturated rings. The van der Waals surface area contributed by atoms with E-state index < -0.39 is 5.92 Å². The van der Waals surface area contributed by atoms with Gasteiger partial charge in [-0.05, 0) is 44.3 Å². The van der Waals surface area contributed by atoms with Gasteiger partial charge in [0, 0.05) is 6.54 Å². The summed E-state index contributed by atoms with van der Waals surface area (Å²) in [6.45, 7) is 4.90. The maximum atomic E-state index is 11.8. The Labute approximate surface area is 126 Å². The third-order valence-corrected chi connectivity index (χ3v) is 4.03. The zero-order valence-corrected chi connectivity index (χ0v) is 12.5. The number of hydrogen-bond acceptors (Lipinski definition) is 4. The van der Waals surface area contributed by atoms with Gasteiger partial charge in [-0.25, -0.2) is 0 Å². The zero-order chi connectivity index (χ0) is 15.1. The second-order valence-electron chi connectivity index (χ2n) is 5.46. The summed E-state index contributed by atoms with van der Waals surface area (Å²) in [6, 6.07) is 12.5. The molecule has 1 aliphatic heterocycles. The molecule has 0 amide bonds. The number of nitrogens with zero attached hydrogens (tertiary/aromatic N) is 2. The van der Waals surface area contributed by atoms with Crippen LogP contribution in [-0.2, 0) is 16.1 Å². The lowest BCUT2D eigenvalue weighted by Gasteiger charge is -2.33. The first-order chi connectivity index (χ1) is 10.2. The second kappa shape index (κ2) is 7.80. The van der Waals surface area contributed by atoms with Crippen molar-refractivity contribution < 1.29 is 9.53 Å². The van der Waals surface area contributed by atoms with Crippen LogP contribution in [0.3, 0.4) is 0 Å². The van der Waals surface area contributed by atoms with E-state index in [0.29, 0.717) is 6.61 Å². The number of benzene rings is 1. The predicted octanol–water partition coefficient (Wildman–Crippen LogP) is 2.60. The van der Waals surface area contributed by atoms with Crippen molar-refractivity contribution in [1.29, 1.82) is 5.26 Å². The molecule has 1 aromatic carbocycles. The number of piperidine rings is 1. The van der Waals surface area contributed by atoms with Gasteiger partial charge in [-0.15, -0.1) is 0 Å². The highest BCUT2D eigenvalue weighted by atomic mass is 16.5. The minimum atomic E-state index is -0.608. The number of rotatable bonds is 5. The molecule has 1 aromatic rings. The van der Waals surface area contributed by atoms with E-state index in [1.54, 1.807) is 6.92 Å². The summed E-state index contributed by atoms with van der Waals surface area (Å²) in [5, 5.41) is 9.21. The molecule has 0 radical (unpaired) electrons. The molecule has 1 atom stereocenters. The van der Waals surface area contributed by atoms with E-state index in [1.807, 2.05) is 6.07 Å². The molecule has 1 unspecified atom stereocenters. The smallest absolute Gasteiger partial charge is 0.323 e. The van der Waals surface area contributed by atoms with Crippen molar-refractivity contribution >= 4 is 5.97 Å². The first kappa shape index (κ1) is 15.5.